The molecule has 17 heavy (non-hydrogen) atoms. The third-order valence-electron chi connectivity index (χ3n) is 3.39. The second-order valence-corrected chi connectivity index (χ2v) is 5.12. The Bertz CT molecular complexity index is 233. The fraction of sp³-hybridized carbons (Fsp3) is 0.923. The second-order valence-electron chi connectivity index (χ2n) is 5.12. The van der Waals surface area contributed by atoms with E-state index in [0.29, 0.717) is 5.92 Å². The molecule has 0 saturated carbocycles. The molecule has 4 heteroatoms. The second kappa shape index (κ2) is 7.67. The van der Waals surface area contributed by atoms with Crippen LogP contribution >= 0.6 is 0 Å². The van der Waals surface area contributed by atoms with Crippen LogP contribution in [0.3, 0.4) is 0 Å². The van der Waals surface area contributed by atoms with Gasteiger partial charge in [-0.25, -0.2) is 0 Å². The lowest BCUT2D eigenvalue weighted by atomic mass is 9.91. The number of hydrogen-bond donors (Lipinski definition) is 2. The van der Waals surface area contributed by atoms with Gasteiger partial charge >= 0.3 is 0 Å². The molecule has 0 aromatic carbocycles. The van der Waals surface area contributed by atoms with Gasteiger partial charge in [-0.15, -0.1) is 0 Å². The standard InChI is InChI=1S/C13H26N2O2/c1-3-4-6-15-9-12(5-7-16)8-13(10-15)14-11(2)17/h12-13,16H,3-10H2,1-2H3,(H,14,17). The lowest BCUT2D eigenvalue weighted by molar-refractivity contribution is -0.120. The van der Waals surface area contributed by atoms with Gasteiger partial charge in [0.25, 0.3) is 0 Å². The zero-order chi connectivity index (χ0) is 12.7. The minimum absolute atomic E-state index is 0.0510. The molecule has 2 N–H and O–H groups in total. The number of likely N-dealkylation sites (tertiary alicyclic amines) is 1. The highest BCUT2D eigenvalue weighted by molar-refractivity contribution is 5.73. The summed E-state index contributed by atoms with van der Waals surface area (Å²) < 4.78 is 0. The van der Waals surface area contributed by atoms with Gasteiger partial charge in [0.1, 0.15) is 0 Å². The number of piperidine rings is 1. The van der Waals surface area contributed by atoms with Gasteiger partial charge in [-0.05, 0) is 31.7 Å². The summed E-state index contributed by atoms with van der Waals surface area (Å²) >= 11 is 0. The predicted molar refractivity (Wildman–Crippen MR) is 68.8 cm³/mol. The molecular formula is C13H26N2O2. The molecule has 1 fully saturated rings. The van der Waals surface area contributed by atoms with Crippen molar-refractivity contribution in [3.63, 3.8) is 0 Å². The van der Waals surface area contributed by atoms with Gasteiger partial charge in [-0.1, -0.05) is 13.3 Å². The molecule has 0 aromatic rings. The van der Waals surface area contributed by atoms with Gasteiger partial charge < -0.3 is 15.3 Å². The maximum absolute atomic E-state index is 11.1. The molecule has 2 atom stereocenters. The van der Waals surface area contributed by atoms with Gasteiger partial charge in [0.05, 0.1) is 0 Å². The molecule has 1 rings (SSSR count). The van der Waals surface area contributed by atoms with E-state index in [-0.39, 0.29) is 18.6 Å². The largest absolute Gasteiger partial charge is 0.396 e. The molecule has 1 amide bonds. The van der Waals surface area contributed by atoms with Crippen LogP contribution < -0.4 is 5.32 Å². The minimum atomic E-state index is 0.0510. The van der Waals surface area contributed by atoms with Crippen molar-refractivity contribution in [3.05, 3.63) is 0 Å². The highest BCUT2D eigenvalue weighted by Gasteiger charge is 2.26. The van der Waals surface area contributed by atoms with Crippen LogP contribution in [0.4, 0.5) is 0 Å². The number of carbonyl (C=O) groups excluding carboxylic acids is 1. The van der Waals surface area contributed by atoms with E-state index < -0.39 is 0 Å². The van der Waals surface area contributed by atoms with Crippen molar-refractivity contribution < 1.29 is 9.90 Å². The first-order chi connectivity index (χ1) is 8.15. The number of aliphatic hydroxyl groups is 1. The van der Waals surface area contributed by atoms with Crippen LogP contribution in [0.15, 0.2) is 0 Å². The molecule has 0 radical (unpaired) electrons. The zero-order valence-corrected chi connectivity index (χ0v) is 11.1. The Labute approximate surface area is 104 Å². The SMILES string of the molecule is CCCCN1CC(CCO)CC(NC(C)=O)C1. The summed E-state index contributed by atoms with van der Waals surface area (Å²) in [6.07, 6.45) is 4.26. The van der Waals surface area contributed by atoms with Crippen LogP contribution in [0.1, 0.15) is 39.5 Å². The van der Waals surface area contributed by atoms with Crippen molar-refractivity contribution in [2.45, 2.75) is 45.6 Å². The minimum Gasteiger partial charge on any atom is -0.396 e. The Morgan fingerprint density at radius 1 is 1.47 bits per heavy atom. The molecule has 4 nitrogen and oxygen atoms in total. The van der Waals surface area contributed by atoms with E-state index in [1.165, 1.54) is 12.8 Å². The van der Waals surface area contributed by atoms with Gasteiger partial charge in [0.15, 0.2) is 0 Å². The first-order valence-electron chi connectivity index (χ1n) is 6.76. The summed E-state index contributed by atoms with van der Waals surface area (Å²) in [5.41, 5.74) is 0. The van der Waals surface area contributed by atoms with E-state index in [1.54, 1.807) is 6.92 Å². The maximum atomic E-state index is 11.1. The molecule has 1 heterocycles. The van der Waals surface area contributed by atoms with Crippen LogP contribution in [0.2, 0.25) is 0 Å². The molecule has 2 unspecified atom stereocenters. The summed E-state index contributed by atoms with van der Waals surface area (Å²) in [5.74, 6) is 0.567. The van der Waals surface area contributed by atoms with Crippen molar-refractivity contribution in [1.29, 1.82) is 0 Å². The Balaban J connectivity index is 2.46. The Hall–Kier alpha value is -0.610. The van der Waals surface area contributed by atoms with Crippen molar-refractivity contribution in [1.82, 2.24) is 10.2 Å². The molecule has 0 spiro atoms. The van der Waals surface area contributed by atoms with Crippen molar-refractivity contribution in [3.8, 4) is 0 Å². The highest BCUT2D eigenvalue weighted by Crippen LogP contribution is 2.20. The molecule has 0 aliphatic carbocycles. The molecule has 1 aliphatic rings. The van der Waals surface area contributed by atoms with E-state index >= 15 is 0 Å². The molecule has 0 aromatic heterocycles. The fourth-order valence-electron chi connectivity index (χ4n) is 2.65. The van der Waals surface area contributed by atoms with Crippen LogP contribution in [0.5, 0.6) is 0 Å². The van der Waals surface area contributed by atoms with Crippen molar-refractivity contribution >= 4 is 5.91 Å². The number of amides is 1. The monoisotopic (exact) mass is 242 g/mol. The Morgan fingerprint density at radius 3 is 2.82 bits per heavy atom. The molecule has 0 bridgehead atoms. The number of unbranched alkanes of at least 4 members (excludes halogenated alkanes) is 1. The van der Waals surface area contributed by atoms with E-state index in [4.69, 9.17) is 5.11 Å². The van der Waals surface area contributed by atoms with Crippen LogP contribution in [0, 0.1) is 5.92 Å². The first-order valence-corrected chi connectivity index (χ1v) is 6.76. The Kier molecular flexibility index (Phi) is 6.52. The lowest BCUT2D eigenvalue weighted by Crippen LogP contribution is -2.50. The van der Waals surface area contributed by atoms with E-state index in [9.17, 15) is 4.79 Å². The number of rotatable bonds is 6. The van der Waals surface area contributed by atoms with Crippen molar-refractivity contribution in [2.75, 3.05) is 26.2 Å². The van der Waals surface area contributed by atoms with Crippen LogP contribution in [-0.2, 0) is 4.79 Å². The maximum Gasteiger partial charge on any atom is 0.217 e. The van der Waals surface area contributed by atoms with Crippen LogP contribution in [0.25, 0.3) is 0 Å². The number of hydrogen-bond acceptors (Lipinski definition) is 3. The number of nitrogens with one attached hydrogen (secondary N) is 1. The molecule has 1 saturated heterocycles. The molecule has 1 aliphatic heterocycles. The average Bonchev–Trinajstić information content (AvgIpc) is 2.25. The molecular weight excluding hydrogens is 216 g/mol. The van der Waals surface area contributed by atoms with Crippen molar-refractivity contribution in [2.24, 2.45) is 5.92 Å². The predicted octanol–water partition coefficient (Wildman–Crippen LogP) is 0.995. The van der Waals surface area contributed by atoms with Gasteiger partial charge in [0.2, 0.25) is 5.91 Å². The highest BCUT2D eigenvalue weighted by atomic mass is 16.3. The average molecular weight is 242 g/mol. The fourth-order valence-corrected chi connectivity index (χ4v) is 2.65. The van der Waals surface area contributed by atoms with E-state index in [0.717, 1.165) is 32.5 Å². The number of aliphatic hydroxyl groups excluding tert-OH is 1. The Morgan fingerprint density at radius 2 is 2.24 bits per heavy atom. The molecule has 100 valence electrons. The zero-order valence-electron chi connectivity index (χ0n) is 11.1. The smallest absolute Gasteiger partial charge is 0.217 e. The summed E-state index contributed by atoms with van der Waals surface area (Å²) in [6, 6.07) is 0.259. The third-order valence-corrected chi connectivity index (χ3v) is 3.39. The van der Waals surface area contributed by atoms with Gasteiger partial charge in [-0.2, -0.15) is 0 Å². The summed E-state index contributed by atoms with van der Waals surface area (Å²) in [6.45, 7) is 7.15. The third kappa shape index (κ3) is 5.50. The van der Waals surface area contributed by atoms with E-state index in [2.05, 4.69) is 17.1 Å². The number of carbonyl (C=O) groups is 1. The quantitative estimate of drug-likeness (QED) is 0.730. The summed E-state index contributed by atoms with van der Waals surface area (Å²) in [4.78, 5) is 13.5. The summed E-state index contributed by atoms with van der Waals surface area (Å²) in [7, 11) is 0. The van der Waals surface area contributed by atoms with E-state index in [1.807, 2.05) is 0 Å². The number of nitrogens with zero attached hydrogens (tertiary/aromatic N) is 1. The normalized spacial score (nSPS) is 25.8. The first kappa shape index (κ1) is 14.5. The van der Waals surface area contributed by atoms with Gasteiger partial charge in [0, 0.05) is 32.7 Å². The van der Waals surface area contributed by atoms with Gasteiger partial charge in [-0.3, -0.25) is 4.79 Å². The topological polar surface area (TPSA) is 52.6 Å². The summed E-state index contributed by atoms with van der Waals surface area (Å²) in [5, 5.41) is 12.1. The lowest BCUT2D eigenvalue weighted by Gasteiger charge is -2.38. The van der Waals surface area contributed by atoms with Crippen LogP contribution in [-0.4, -0.2) is 48.2 Å².